The SMILES string of the molecule is CCCCCCCC[C@](C)(CCCOCCC)C(OC)(OC)OC. The summed E-state index contributed by atoms with van der Waals surface area (Å²) in [5.41, 5.74) is -0.189. The molecule has 0 unspecified atom stereocenters. The van der Waals surface area contributed by atoms with E-state index in [2.05, 4.69) is 20.8 Å². The second-order valence-electron chi connectivity index (χ2n) is 6.96. The molecule has 0 saturated heterocycles. The van der Waals surface area contributed by atoms with Gasteiger partial charge in [0.25, 0.3) is 5.97 Å². The van der Waals surface area contributed by atoms with Crippen LogP contribution in [0.5, 0.6) is 0 Å². The summed E-state index contributed by atoms with van der Waals surface area (Å²) >= 11 is 0. The summed E-state index contributed by atoms with van der Waals surface area (Å²) in [4.78, 5) is 0. The molecule has 0 rings (SSSR count). The van der Waals surface area contributed by atoms with Crippen LogP contribution in [0.4, 0.5) is 0 Å². The number of rotatable bonds is 17. The molecule has 0 saturated carbocycles. The van der Waals surface area contributed by atoms with Gasteiger partial charge in [-0.25, -0.2) is 0 Å². The third-order valence-electron chi connectivity index (χ3n) is 4.99. The molecule has 146 valence electrons. The van der Waals surface area contributed by atoms with E-state index in [9.17, 15) is 0 Å². The van der Waals surface area contributed by atoms with Crippen molar-refractivity contribution in [2.75, 3.05) is 34.5 Å². The Kier molecular flexibility index (Phi) is 14.0. The largest absolute Gasteiger partial charge is 0.381 e. The Morgan fingerprint density at radius 2 is 1.17 bits per heavy atom. The minimum atomic E-state index is -0.985. The molecule has 4 nitrogen and oxygen atoms in total. The fraction of sp³-hybridized carbons (Fsp3) is 1.00. The van der Waals surface area contributed by atoms with E-state index in [1.165, 1.54) is 38.5 Å². The van der Waals surface area contributed by atoms with Crippen molar-refractivity contribution in [3.8, 4) is 0 Å². The predicted octanol–water partition coefficient (Wildman–Crippen LogP) is 5.54. The van der Waals surface area contributed by atoms with Crippen LogP contribution in [0.1, 0.15) is 85.0 Å². The first kappa shape index (κ1) is 23.8. The van der Waals surface area contributed by atoms with Crippen LogP contribution in [-0.4, -0.2) is 40.5 Å². The van der Waals surface area contributed by atoms with Gasteiger partial charge < -0.3 is 18.9 Å². The maximum atomic E-state index is 5.69. The van der Waals surface area contributed by atoms with Crippen molar-refractivity contribution < 1.29 is 18.9 Å². The molecule has 0 radical (unpaired) electrons. The molecule has 0 spiro atoms. The number of unbranched alkanes of at least 4 members (excludes halogenated alkanes) is 5. The summed E-state index contributed by atoms with van der Waals surface area (Å²) in [5, 5.41) is 0. The van der Waals surface area contributed by atoms with Gasteiger partial charge in [0, 0.05) is 40.0 Å². The van der Waals surface area contributed by atoms with Crippen LogP contribution in [0.2, 0.25) is 0 Å². The van der Waals surface area contributed by atoms with Crippen LogP contribution in [-0.2, 0) is 18.9 Å². The molecule has 0 aliphatic rings. The van der Waals surface area contributed by atoms with E-state index in [4.69, 9.17) is 18.9 Å². The van der Waals surface area contributed by atoms with Gasteiger partial charge in [0.15, 0.2) is 0 Å². The second kappa shape index (κ2) is 14.1. The van der Waals surface area contributed by atoms with E-state index in [1.807, 2.05) is 0 Å². The summed E-state index contributed by atoms with van der Waals surface area (Å²) in [6.45, 7) is 8.22. The zero-order valence-electron chi connectivity index (χ0n) is 17.1. The van der Waals surface area contributed by atoms with Gasteiger partial charge in [-0.2, -0.15) is 0 Å². The Bertz CT molecular complexity index is 271. The van der Waals surface area contributed by atoms with Gasteiger partial charge in [0.05, 0.1) is 0 Å². The first-order valence-electron chi connectivity index (χ1n) is 9.79. The van der Waals surface area contributed by atoms with Crippen LogP contribution in [0.15, 0.2) is 0 Å². The van der Waals surface area contributed by atoms with Gasteiger partial charge in [-0.1, -0.05) is 59.3 Å². The Hall–Kier alpha value is -0.160. The molecule has 0 N–H and O–H groups in total. The zero-order chi connectivity index (χ0) is 18.3. The van der Waals surface area contributed by atoms with Crippen molar-refractivity contribution in [3.63, 3.8) is 0 Å². The molecule has 0 bridgehead atoms. The summed E-state index contributed by atoms with van der Waals surface area (Å²) in [5.74, 6) is -0.985. The maximum absolute atomic E-state index is 5.69. The lowest BCUT2D eigenvalue weighted by Gasteiger charge is -2.45. The fourth-order valence-electron chi connectivity index (χ4n) is 3.53. The highest BCUT2D eigenvalue weighted by atomic mass is 16.9. The third-order valence-corrected chi connectivity index (χ3v) is 4.99. The van der Waals surface area contributed by atoms with E-state index >= 15 is 0 Å². The molecule has 0 fully saturated rings. The summed E-state index contributed by atoms with van der Waals surface area (Å²) in [7, 11) is 5.00. The van der Waals surface area contributed by atoms with E-state index in [-0.39, 0.29) is 5.41 Å². The van der Waals surface area contributed by atoms with Crippen LogP contribution in [0, 0.1) is 5.41 Å². The van der Waals surface area contributed by atoms with Crippen molar-refractivity contribution in [2.24, 2.45) is 5.41 Å². The average Bonchev–Trinajstić information content (AvgIpc) is 2.60. The van der Waals surface area contributed by atoms with Gasteiger partial charge in [-0.05, 0) is 25.7 Å². The van der Waals surface area contributed by atoms with Crippen LogP contribution < -0.4 is 0 Å². The summed E-state index contributed by atoms with van der Waals surface area (Å²) in [6.07, 6.45) is 11.7. The normalized spacial score (nSPS) is 14.8. The first-order chi connectivity index (χ1) is 11.6. The zero-order valence-corrected chi connectivity index (χ0v) is 17.1. The number of ether oxygens (including phenoxy) is 4. The average molecular weight is 347 g/mol. The molecule has 0 aromatic heterocycles. The highest BCUT2D eigenvalue weighted by molar-refractivity contribution is 4.84. The highest BCUT2D eigenvalue weighted by Crippen LogP contribution is 2.44. The minimum absolute atomic E-state index is 0.189. The van der Waals surface area contributed by atoms with Gasteiger partial charge >= 0.3 is 0 Å². The van der Waals surface area contributed by atoms with Crippen molar-refractivity contribution in [3.05, 3.63) is 0 Å². The Balaban J connectivity index is 4.62. The van der Waals surface area contributed by atoms with Crippen LogP contribution in [0.25, 0.3) is 0 Å². The van der Waals surface area contributed by atoms with Crippen molar-refractivity contribution in [1.29, 1.82) is 0 Å². The van der Waals surface area contributed by atoms with E-state index in [0.29, 0.717) is 0 Å². The molecule has 0 amide bonds. The lowest BCUT2D eigenvalue weighted by molar-refractivity contribution is -0.406. The van der Waals surface area contributed by atoms with Crippen molar-refractivity contribution >= 4 is 0 Å². The molecular formula is C20H42O4. The van der Waals surface area contributed by atoms with Crippen molar-refractivity contribution in [1.82, 2.24) is 0 Å². The van der Waals surface area contributed by atoms with Gasteiger partial charge in [0.1, 0.15) is 0 Å². The Morgan fingerprint density at radius 1 is 0.625 bits per heavy atom. The molecule has 1 atom stereocenters. The predicted molar refractivity (Wildman–Crippen MR) is 100 cm³/mol. The van der Waals surface area contributed by atoms with Gasteiger partial charge in [-0.3, -0.25) is 0 Å². The third kappa shape index (κ3) is 7.81. The van der Waals surface area contributed by atoms with Gasteiger partial charge in [0.2, 0.25) is 0 Å². The molecule has 0 aliphatic carbocycles. The smallest absolute Gasteiger partial charge is 0.287 e. The quantitative estimate of drug-likeness (QED) is 0.256. The highest BCUT2D eigenvalue weighted by Gasteiger charge is 2.49. The van der Waals surface area contributed by atoms with Crippen LogP contribution in [0.3, 0.4) is 0 Å². The molecule has 0 aromatic carbocycles. The number of hydrogen-bond donors (Lipinski definition) is 0. The lowest BCUT2D eigenvalue weighted by atomic mass is 9.77. The Morgan fingerprint density at radius 3 is 1.71 bits per heavy atom. The molecular weight excluding hydrogens is 304 g/mol. The molecule has 0 aliphatic heterocycles. The Labute approximate surface area is 150 Å². The molecule has 4 heteroatoms. The second-order valence-corrected chi connectivity index (χ2v) is 6.96. The molecule has 0 heterocycles. The monoisotopic (exact) mass is 346 g/mol. The lowest BCUT2D eigenvalue weighted by Crippen LogP contribution is -2.51. The minimum Gasteiger partial charge on any atom is -0.381 e. The summed E-state index contributed by atoms with van der Waals surface area (Å²) in [6, 6.07) is 0. The van der Waals surface area contributed by atoms with E-state index in [0.717, 1.165) is 38.9 Å². The topological polar surface area (TPSA) is 36.9 Å². The number of methoxy groups -OCH3 is 3. The van der Waals surface area contributed by atoms with E-state index < -0.39 is 5.97 Å². The van der Waals surface area contributed by atoms with Crippen LogP contribution >= 0.6 is 0 Å². The summed E-state index contributed by atoms with van der Waals surface area (Å²) < 4.78 is 22.7. The van der Waals surface area contributed by atoms with E-state index in [1.54, 1.807) is 21.3 Å². The standard InChI is InChI=1S/C20H42O4/c1-7-9-10-11-12-13-15-19(3,16-14-18-24-17-8-2)20(21-4,22-5)23-6/h7-18H2,1-6H3/t19-/m1/s1. The van der Waals surface area contributed by atoms with Crippen molar-refractivity contribution in [2.45, 2.75) is 91.0 Å². The molecule has 24 heavy (non-hydrogen) atoms. The van der Waals surface area contributed by atoms with Gasteiger partial charge in [-0.15, -0.1) is 0 Å². The number of hydrogen-bond acceptors (Lipinski definition) is 4. The molecule has 0 aromatic rings. The fourth-order valence-corrected chi connectivity index (χ4v) is 3.53. The first-order valence-corrected chi connectivity index (χ1v) is 9.79. The maximum Gasteiger partial charge on any atom is 0.287 e.